The molecule has 1 aromatic carbocycles. The van der Waals surface area contributed by atoms with Crippen LogP contribution in [0.25, 0.3) is 22.4 Å². The van der Waals surface area contributed by atoms with Crippen LogP contribution in [0.5, 0.6) is 0 Å². The number of nitrogens with zero attached hydrogens (tertiary/aromatic N) is 7. The molecular weight excluding hydrogens is 540 g/mol. The first-order chi connectivity index (χ1) is 19.0. The van der Waals surface area contributed by atoms with Crippen molar-refractivity contribution in [3.8, 4) is 11.3 Å². The number of hydrogen-bond donors (Lipinski definition) is 0. The zero-order valence-electron chi connectivity index (χ0n) is 21.3. The second-order valence-corrected chi connectivity index (χ2v) is 10.0. The molecule has 210 valence electrons. The molecule has 0 radical (unpaired) electrons. The Labute approximate surface area is 224 Å². The summed E-state index contributed by atoms with van der Waals surface area (Å²) in [5.74, 6) is -1.22. The maximum Gasteiger partial charge on any atom is 0.416 e. The van der Waals surface area contributed by atoms with Crippen molar-refractivity contribution in [2.45, 2.75) is 57.5 Å². The Morgan fingerprint density at radius 2 is 1.75 bits per heavy atom. The first-order valence-corrected chi connectivity index (χ1v) is 12.6. The Bertz CT molecular complexity index is 1590. The molecule has 40 heavy (non-hydrogen) atoms. The van der Waals surface area contributed by atoms with E-state index in [0.717, 1.165) is 25.0 Å². The molecular formula is C26H23F6N7O. The Morgan fingerprint density at radius 3 is 2.42 bits per heavy atom. The molecule has 0 amide bonds. The van der Waals surface area contributed by atoms with Crippen molar-refractivity contribution < 1.29 is 31.1 Å². The standard InChI is InChI=1S/C26H23F6N7O/c1-12-13(2)35-24-22(34-12)21(17-6-3-15(7-18(17)27)26(30,31)32)36-25(37-24)38-10-19(40-20(11-38)23(28)29)14-8-33-39(9-14)16-4-5-16/h3,6-9,16,19-20,23H,4-5,10-11H2,1-2H3/t19-,20-/m1/s1. The van der Waals surface area contributed by atoms with Crippen molar-refractivity contribution in [3.05, 3.63) is 58.9 Å². The van der Waals surface area contributed by atoms with E-state index in [4.69, 9.17) is 4.74 Å². The number of rotatable bonds is 5. The van der Waals surface area contributed by atoms with Crippen LogP contribution in [0.4, 0.5) is 32.3 Å². The lowest BCUT2D eigenvalue weighted by Gasteiger charge is -2.37. The van der Waals surface area contributed by atoms with E-state index in [0.29, 0.717) is 23.0 Å². The number of fused-ring (bicyclic) bond motifs is 1. The molecule has 4 aromatic rings. The monoisotopic (exact) mass is 563 g/mol. The number of alkyl halides is 5. The largest absolute Gasteiger partial charge is 0.416 e. The average Bonchev–Trinajstić information content (AvgIpc) is 3.64. The lowest BCUT2D eigenvalue weighted by molar-refractivity contribution is -0.137. The van der Waals surface area contributed by atoms with Crippen molar-refractivity contribution in [2.24, 2.45) is 0 Å². The Hall–Kier alpha value is -3.81. The van der Waals surface area contributed by atoms with Gasteiger partial charge < -0.3 is 9.64 Å². The smallest absolute Gasteiger partial charge is 0.361 e. The van der Waals surface area contributed by atoms with Gasteiger partial charge in [0.2, 0.25) is 5.95 Å². The Balaban J connectivity index is 1.45. The highest BCUT2D eigenvalue weighted by Gasteiger charge is 2.37. The number of anilines is 1. The zero-order valence-corrected chi connectivity index (χ0v) is 21.3. The van der Waals surface area contributed by atoms with E-state index in [1.165, 1.54) is 4.90 Å². The molecule has 1 aliphatic heterocycles. The van der Waals surface area contributed by atoms with Gasteiger partial charge in [-0.05, 0) is 44.9 Å². The van der Waals surface area contributed by atoms with Gasteiger partial charge in [-0.3, -0.25) is 4.68 Å². The number of halogens is 6. The fourth-order valence-corrected chi connectivity index (χ4v) is 4.65. The highest BCUT2D eigenvalue weighted by molar-refractivity contribution is 5.88. The highest BCUT2D eigenvalue weighted by Crippen LogP contribution is 2.38. The molecule has 4 heterocycles. The van der Waals surface area contributed by atoms with Gasteiger partial charge in [0.15, 0.2) is 5.65 Å². The predicted molar refractivity (Wildman–Crippen MR) is 131 cm³/mol. The van der Waals surface area contributed by atoms with Gasteiger partial charge in [-0.2, -0.15) is 23.3 Å². The van der Waals surface area contributed by atoms with Crippen molar-refractivity contribution in [1.82, 2.24) is 29.7 Å². The number of benzene rings is 1. The minimum Gasteiger partial charge on any atom is -0.361 e. The van der Waals surface area contributed by atoms with Crippen LogP contribution >= 0.6 is 0 Å². The van der Waals surface area contributed by atoms with Crippen LogP contribution in [0, 0.1) is 19.7 Å². The van der Waals surface area contributed by atoms with Crippen LogP contribution in [0.2, 0.25) is 0 Å². The summed E-state index contributed by atoms with van der Waals surface area (Å²) in [6, 6.07) is 2.38. The third-order valence-corrected chi connectivity index (χ3v) is 7.09. The molecule has 1 aliphatic carbocycles. The topological polar surface area (TPSA) is 81.9 Å². The summed E-state index contributed by atoms with van der Waals surface area (Å²) in [5, 5.41) is 4.33. The summed E-state index contributed by atoms with van der Waals surface area (Å²) in [6.07, 6.45) is -4.49. The van der Waals surface area contributed by atoms with Gasteiger partial charge in [-0.1, -0.05) is 0 Å². The molecule has 2 fully saturated rings. The number of ether oxygens (including phenoxy) is 1. The summed E-state index contributed by atoms with van der Waals surface area (Å²) < 4.78 is 90.1. The maximum absolute atomic E-state index is 15.1. The molecule has 6 rings (SSSR count). The molecule has 1 saturated carbocycles. The molecule has 1 saturated heterocycles. The van der Waals surface area contributed by atoms with Gasteiger partial charge in [-0.25, -0.2) is 28.1 Å². The van der Waals surface area contributed by atoms with Gasteiger partial charge in [0, 0.05) is 17.3 Å². The SMILES string of the molecule is Cc1nc2nc(N3C[C@H](c4cnn(C5CC5)c4)O[C@@H](C(F)F)C3)nc(-c3ccc(C(F)(F)F)cc3F)c2nc1C. The van der Waals surface area contributed by atoms with Crippen molar-refractivity contribution in [2.75, 3.05) is 18.0 Å². The lowest BCUT2D eigenvalue weighted by Crippen LogP contribution is -2.47. The molecule has 14 heteroatoms. The van der Waals surface area contributed by atoms with Crippen molar-refractivity contribution in [3.63, 3.8) is 0 Å². The van der Waals surface area contributed by atoms with Gasteiger partial charge in [0.1, 0.15) is 29.2 Å². The van der Waals surface area contributed by atoms with Gasteiger partial charge >= 0.3 is 6.18 Å². The number of hydrogen-bond acceptors (Lipinski definition) is 7. The first-order valence-electron chi connectivity index (χ1n) is 12.6. The second kappa shape index (κ2) is 9.68. The van der Waals surface area contributed by atoms with Crippen LogP contribution < -0.4 is 4.90 Å². The molecule has 2 aliphatic rings. The number of morpholine rings is 1. The van der Waals surface area contributed by atoms with Crippen molar-refractivity contribution in [1.29, 1.82) is 0 Å². The van der Waals surface area contributed by atoms with Crippen LogP contribution in [0.15, 0.2) is 30.6 Å². The van der Waals surface area contributed by atoms with E-state index in [-0.39, 0.29) is 47.5 Å². The Morgan fingerprint density at radius 1 is 1.00 bits per heavy atom. The number of aryl methyl sites for hydroxylation is 2. The minimum atomic E-state index is -4.74. The molecule has 0 spiro atoms. The quantitative estimate of drug-likeness (QED) is 0.292. The summed E-state index contributed by atoms with van der Waals surface area (Å²) in [5.41, 5.74) is 0.256. The third-order valence-electron chi connectivity index (χ3n) is 7.09. The summed E-state index contributed by atoms with van der Waals surface area (Å²) in [7, 11) is 0. The third kappa shape index (κ3) is 4.95. The molecule has 0 unspecified atom stereocenters. The summed E-state index contributed by atoms with van der Waals surface area (Å²) in [4.78, 5) is 19.3. The predicted octanol–water partition coefficient (Wildman–Crippen LogP) is 5.60. The van der Waals surface area contributed by atoms with E-state index in [9.17, 15) is 22.0 Å². The molecule has 8 nitrogen and oxygen atoms in total. The van der Waals surface area contributed by atoms with Gasteiger partial charge in [0.05, 0.1) is 42.3 Å². The second-order valence-electron chi connectivity index (χ2n) is 10.0. The zero-order chi connectivity index (χ0) is 28.3. The maximum atomic E-state index is 15.1. The van der Waals surface area contributed by atoms with Crippen LogP contribution in [-0.2, 0) is 10.9 Å². The van der Waals surface area contributed by atoms with Gasteiger partial charge in [-0.15, -0.1) is 0 Å². The average molecular weight is 564 g/mol. The molecule has 2 atom stereocenters. The highest BCUT2D eigenvalue weighted by atomic mass is 19.4. The van der Waals surface area contributed by atoms with Crippen LogP contribution in [0.1, 0.15) is 47.5 Å². The van der Waals surface area contributed by atoms with E-state index in [1.54, 1.807) is 30.9 Å². The van der Waals surface area contributed by atoms with E-state index >= 15 is 4.39 Å². The Kier molecular flexibility index (Phi) is 6.39. The molecule has 0 N–H and O–H groups in total. The van der Waals surface area contributed by atoms with Gasteiger partial charge in [0.25, 0.3) is 6.43 Å². The van der Waals surface area contributed by atoms with E-state index < -0.39 is 36.2 Å². The van der Waals surface area contributed by atoms with Crippen LogP contribution in [0.3, 0.4) is 0 Å². The fraction of sp³-hybridized carbons (Fsp3) is 0.423. The fourth-order valence-electron chi connectivity index (χ4n) is 4.65. The summed E-state index contributed by atoms with van der Waals surface area (Å²) >= 11 is 0. The van der Waals surface area contributed by atoms with E-state index in [1.807, 2.05) is 0 Å². The minimum absolute atomic E-state index is 0.0483. The number of aromatic nitrogens is 6. The normalized spacial score (nSPS) is 20.1. The van der Waals surface area contributed by atoms with E-state index in [2.05, 4.69) is 25.0 Å². The summed E-state index contributed by atoms with van der Waals surface area (Å²) in [6.45, 7) is 3.17. The first kappa shape index (κ1) is 26.4. The lowest BCUT2D eigenvalue weighted by atomic mass is 10.1. The molecule has 0 bridgehead atoms. The molecule has 3 aromatic heterocycles. The van der Waals surface area contributed by atoms with Crippen LogP contribution in [-0.4, -0.2) is 55.3 Å². The van der Waals surface area contributed by atoms with Crippen molar-refractivity contribution >= 4 is 17.1 Å².